The molecule has 3 N–H and O–H groups in total. The van der Waals surface area contributed by atoms with Crippen molar-refractivity contribution in [1.82, 2.24) is 15.1 Å². The Hall–Kier alpha value is -2.83. The van der Waals surface area contributed by atoms with Gasteiger partial charge in [0.1, 0.15) is 17.0 Å². The highest BCUT2D eigenvalue weighted by atomic mass is 16.5. The second-order valence-corrected chi connectivity index (χ2v) is 5.76. The fourth-order valence-electron chi connectivity index (χ4n) is 1.97. The Morgan fingerprint density at radius 1 is 1.30 bits per heavy atom. The molecule has 0 atom stereocenters. The lowest BCUT2D eigenvalue weighted by atomic mass is 10.1. The van der Waals surface area contributed by atoms with Crippen LogP contribution in [0, 0.1) is 6.92 Å². The molecule has 0 aliphatic rings. The predicted octanol–water partition coefficient (Wildman–Crippen LogP) is 1.18. The van der Waals surface area contributed by atoms with Crippen LogP contribution in [0.1, 0.15) is 29.9 Å². The number of hydrogen-bond donors (Lipinski definition) is 2. The first kappa shape index (κ1) is 16.5. The van der Waals surface area contributed by atoms with Crippen LogP contribution >= 0.6 is 0 Å². The van der Waals surface area contributed by atoms with Gasteiger partial charge < -0.3 is 15.8 Å². The van der Waals surface area contributed by atoms with Gasteiger partial charge in [-0.2, -0.15) is 5.10 Å². The molecule has 7 heteroatoms. The van der Waals surface area contributed by atoms with Crippen LogP contribution in [-0.4, -0.2) is 34.2 Å². The highest BCUT2D eigenvalue weighted by Crippen LogP contribution is 2.23. The van der Waals surface area contributed by atoms with Crippen molar-refractivity contribution in [2.45, 2.75) is 26.3 Å². The Morgan fingerprint density at radius 2 is 2.00 bits per heavy atom. The third kappa shape index (κ3) is 3.50. The van der Waals surface area contributed by atoms with Gasteiger partial charge in [-0.1, -0.05) is 6.07 Å². The van der Waals surface area contributed by atoms with E-state index < -0.39 is 17.4 Å². The molecule has 23 heavy (non-hydrogen) atoms. The van der Waals surface area contributed by atoms with E-state index in [0.717, 1.165) is 11.3 Å². The minimum atomic E-state index is -1.15. The summed E-state index contributed by atoms with van der Waals surface area (Å²) in [5, 5.41) is 6.80. The Morgan fingerprint density at radius 3 is 2.61 bits per heavy atom. The van der Waals surface area contributed by atoms with Crippen molar-refractivity contribution in [3.63, 3.8) is 0 Å². The van der Waals surface area contributed by atoms with Gasteiger partial charge in [-0.05, 0) is 44.5 Å². The summed E-state index contributed by atoms with van der Waals surface area (Å²) in [6.45, 7) is 5.02. The van der Waals surface area contributed by atoms with Crippen LogP contribution in [-0.2, 0) is 4.79 Å². The molecule has 2 amide bonds. The number of aromatic nitrogens is 2. The van der Waals surface area contributed by atoms with Crippen molar-refractivity contribution in [1.29, 1.82) is 0 Å². The summed E-state index contributed by atoms with van der Waals surface area (Å²) in [5.41, 5.74) is 6.05. The molecular formula is C16H20N4O3. The number of aryl methyl sites for hydroxylation is 1. The number of nitrogens with zero attached hydrogens (tertiary/aromatic N) is 2. The fourth-order valence-corrected chi connectivity index (χ4v) is 1.97. The highest BCUT2D eigenvalue weighted by Gasteiger charge is 2.28. The van der Waals surface area contributed by atoms with Gasteiger partial charge in [-0.25, -0.2) is 4.68 Å². The topological polar surface area (TPSA) is 99.2 Å². The molecule has 2 rings (SSSR count). The maximum absolute atomic E-state index is 12.2. The first-order valence-electron chi connectivity index (χ1n) is 7.07. The summed E-state index contributed by atoms with van der Waals surface area (Å²) in [6, 6.07) is 7.23. The maximum Gasteiger partial charge on any atom is 0.272 e. The van der Waals surface area contributed by atoms with E-state index in [1.54, 1.807) is 24.1 Å². The van der Waals surface area contributed by atoms with Gasteiger partial charge in [0, 0.05) is 6.20 Å². The lowest BCUT2D eigenvalue weighted by molar-refractivity contribution is -0.122. The fraction of sp³-hybridized carbons (Fsp3) is 0.312. The van der Waals surface area contributed by atoms with Gasteiger partial charge in [0.05, 0.1) is 7.11 Å². The number of carbonyl (C=O) groups is 2. The van der Waals surface area contributed by atoms with Crippen molar-refractivity contribution in [3.05, 3.63) is 41.7 Å². The largest absolute Gasteiger partial charge is 0.494 e. The SMILES string of the molecule is COc1ccc(C)cc1-n1ccc(C(=O)NC(C)(C)C(N)=O)n1. The number of rotatable bonds is 5. The highest BCUT2D eigenvalue weighted by molar-refractivity contribution is 5.97. The number of primary amides is 1. The first-order chi connectivity index (χ1) is 10.7. The molecule has 122 valence electrons. The molecule has 1 aromatic carbocycles. The van der Waals surface area contributed by atoms with Crippen LogP contribution in [0.5, 0.6) is 5.75 Å². The zero-order chi connectivity index (χ0) is 17.2. The molecule has 1 heterocycles. The van der Waals surface area contributed by atoms with Gasteiger partial charge in [-0.3, -0.25) is 9.59 Å². The van der Waals surface area contributed by atoms with Gasteiger partial charge >= 0.3 is 0 Å². The smallest absolute Gasteiger partial charge is 0.272 e. The second-order valence-electron chi connectivity index (χ2n) is 5.76. The molecular weight excluding hydrogens is 296 g/mol. The number of ether oxygens (including phenoxy) is 1. The van der Waals surface area contributed by atoms with E-state index in [-0.39, 0.29) is 5.69 Å². The second kappa shape index (κ2) is 6.12. The lowest BCUT2D eigenvalue weighted by Crippen LogP contribution is -2.53. The summed E-state index contributed by atoms with van der Waals surface area (Å²) in [7, 11) is 1.57. The summed E-state index contributed by atoms with van der Waals surface area (Å²) < 4.78 is 6.87. The number of carbonyl (C=O) groups excluding carboxylic acids is 2. The van der Waals surface area contributed by atoms with Gasteiger partial charge in [0.2, 0.25) is 5.91 Å². The Labute approximate surface area is 134 Å². The number of benzene rings is 1. The van der Waals surface area contributed by atoms with Crippen LogP contribution in [0.4, 0.5) is 0 Å². The van der Waals surface area contributed by atoms with Crippen LogP contribution < -0.4 is 15.8 Å². The quantitative estimate of drug-likeness (QED) is 0.865. The van der Waals surface area contributed by atoms with Crippen molar-refractivity contribution >= 4 is 11.8 Å². The van der Waals surface area contributed by atoms with E-state index in [1.807, 2.05) is 25.1 Å². The Bertz CT molecular complexity index is 750. The minimum Gasteiger partial charge on any atom is -0.494 e. The number of nitrogens with two attached hydrogens (primary N) is 1. The molecule has 0 radical (unpaired) electrons. The van der Waals surface area contributed by atoms with E-state index in [1.165, 1.54) is 13.8 Å². The summed E-state index contributed by atoms with van der Waals surface area (Å²) in [6.07, 6.45) is 1.66. The van der Waals surface area contributed by atoms with E-state index in [9.17, 15) is 9.59 Å². The summed E-state index contributed by atoms with van der Waals surface area (Å²) >= 11 is 0. The van der Waals surface area contributed by atoms with Gasteiger partial charge in [0.25, 0.3) is 5.91 Å². The molecule has 1 aromatic heterocycles. The van der Waals surface area contributed by atoms with Crippen LogP contribution in [0.25, 0.3) is 5.69 Å². The maximum atomic E-state index is 12.2. The van der Waals surface area contributed by atoms with Gasteiger partial charge in [-0.15, -0.1) is 0 Å². The third-order valence-corrected chi connectivity index (χ3v) is 3.44. The molecule has 0 saturated heterocycles. The number of nitrogens with one attached hydrogen (secondary N) is 1. The standard InChI is InChI=1S/C16H20N4O3/c1-10-5-6-13(23-4)12(9-10)20-8-7-11(19-20)14(21)18-16(2,3)15(17)22/h5-9H,1-4H3,(H2,17,22)(H,18,21). The van der Waals surface area contributed by atoms with Crippen molar-refractivity contribution in [2.75, 3.05) is 7.11 Å². The Kier molecular flexibility index (Phi) is 4.40. The van der Waals surface area contributed by atoms with E-state index in [0.29, 0.717) is 5.75 Å². The monoisotopic (exact) mass is 316 g/mol. The molecule has 0 aliphatic heterocycles. The third-order valence-electron chi connectivity index (χ3n) is 3.44. The molecule has 7 nitrogen and oxygen atoms in total. The van der Waals surface area contributed by atoms with E-state index in [2.05, 4.69) is 10.4 Å². The predicted molar refractivity (Wildman–Crippen MR) is 85.6 cm³/mol. The molecule has 0 unspecified atom stereocenters. The summed E-state index contributed by atoms with van der Waals surface area (Å²) in [5.74, 6) is -0.451. The van der Waals surface area contributed by atoms with Crippen molar-refractivity contribution in [2.24, 2.45) is 5.73 Å². The number of amides is 2. The van der Waals surface area contributed by atoms with E-state index in [4.69, 9.17) is 10.5 Å². The average molecular weight is 316 g/mol. The summed E-state index contributed by atoms with van der Waals surface area (Å²) in [4.78, 5) is 23.5. The van der Waals surface area contributed by atoms with Crippen LogP contribution in [0.2, 0.25) is 0 Å². The zero-order valence-corrected chi connectivity index (χ0v) is 13.6. The first-order valence-corrected chi connectivity index (χ1v) is 7.07. The minimum absolute atomic E-state index is 0.183. The molecule has 0 spiro atoms. The van der Waals surface area contributed by atoms with E-state index >= 15 is 0 Å². The van der Waals surface area contributed by atoms with Crippen LogP contribution in [0.15, 0.2) is 30.5 Å². The molecule has 0 bridgehead atoms. The molecule has 0 aliphatic carbocycles. The molecule has 2 aromatic rings. The van der Waals surface area contributed by atoms with Crippen LogP contribution in [0.3, 0.4) is 0 Å². The number of hydrogen-bond acceptors (Lipinski definition) is 4. The zero-order valence-electron chi connectivity index (χ0n) is 13.6. The Balaban J connectivity index is 2.29. The van der Waals surface area contributed by atoms with Gasteiger partial charge in [0.15, 0.2) is 5.69 Å². The average Bonchev–Trinajstić information content (AvgIpc) is 2.96. The van der Waals surface area contributed by atoms with Crippen molar-refractivity contribution < 1.29 is 14.3 Å². The lowest BCUT2D eigenvalue weighted by Gasteiger charge is -2.21. The molecule has 0 fully saturated rings. The number of methoxy groups -OCH3 is 1. The van der Waals surface area contributed by atoms with Crippen molar-refractivity contribution in [3.8, 4) is 11.4 Å². The normalized spacial score (nSPS) is 11.1. The molecule has 0 saturated carbocycles.